The van der Waals surface area contributed by atoms with Crippen LogP contribution in [0.1, 0.15) is 32.1 Å². The summed E-state index contributed by atoms with van der Waals surface area (Å²) in [5.74, 6) is 0.0386. The van der Waals surface area contributed by atoms with Crippen LogP contribution in [0.25, 0.3) is 10.8 Å². The molecule has 0 amide bonds. The molecule has 3 nitrogen and oxygen atoms in total. The molecule has 0 aromatic heterocycles. The number of benzene rings is 2. The van der Waals surface area contributed by atoms with Crippen molar-refractivity contribution in [1.29, 1.82) is 0 Å². The van der Waals surface area contributed by atoms with Crippen LogP contribution in [0, 0.1) is 0 Å². The maximum Gasteiger partial charge on any atom is 0.330 e. The zero-order valence-electron chi connectivity index (χ0n) is 12.8. The van der Waals surface area contributed by atoms with E-state index in [1.54, 1.807) is 0 Å². The quantitative estimate of drug-likeness (QED) is 0.534. The summed E-state index contributed by atoms with van der Waals surface area (Å²) in [4.78, 5) is 10.6. The molecular weight excluding hydrogens is 276 g/mol. The van der Waals surface area contributed by atoms with Crippen LogP contribution in [0.3, 0.4) is 0 Å². The molecule has 2 rings (SSSR count). The third-order valence-electron chi connectivity index (χ3n) is 3.68. The predicted octanol–water partition coefficient (Wildman–Crippen LogP) is 4.81. The van der Waals surface area contributed by atoms with E-state index in [4.69, 9.17) is 9.84 Å². The van der Waals surface area contributed by atoms with E-state index >= 15 is 0 Å². The van der Waals surface area contributed by atoms with Crippen molar-refractivity contribution in [3.8, 4) is 5.75 Å². The normalized spacial score (nSPS) is 10.5. The Morgan fingerprint density at radius 2 is 1.73 bits per heavy atom. The maximum absolute atomic E-state index is 10.6. The molecule has 0 spiro atoms. The van der Waals surface area contributed by atoms with Crippen LogP contribution < -0.4 is 4.74 Å². The summed E-state index contributed by atoms with van der Waals surface area (Å²) in [5, 5.41) is 11.0. The first kappa shape index (κ1) is 16.1. The Labute approximate surface area is 131 Å². The molecule has 0 unspecified atom stereocenters. The molecule has 0 saturated carbocycles. The zero-order chi connectivity index (χ0) is 15.8. The van der Waals surface area contributed by atoms with E-state index < -0.39 is 5.97 Å². The fourth-order valence-electron chi connectivity index (χ4n) is 2.40. The van der Waals surface area contributed by atoms with Crippen LogP contribution in [0.5, 0.6) is 5.75 Å². The minimum absolute atomic E-state index is 0.298. The van der Waals surface area contributed by atoms with Gasteiger partial charge >= 0.3 is 5.97 Å². The molecule has 0 bridgehead atoms. The number of rotatable bonds is 9. The van der Waals surface area contributed by atoms with E-state index in [2.05, 4.69) is 24.8 Å². The molecule has 116 valence electrons. The molecule has 0 saturated heterocycles. The molecule has 0 aliphatic carbocycles. The van der Waals surface area contributed by atoms with Crippen molar-refractivity contribution < 1.29 is 14.6 Å². The smallest absolute Gasteiger partial charge is 0.330 e. The van der Waals surface area contributed by atoms with E-state index in [-0.39, 0.29) is 0 Å². The summed E-state index contributed by atoms with van der Waals surface area (Å²) in [5.41, 5.74) is 0.298. The number of carbonyl (C=O) groups is 1. The lowest BCUT2D eigenvalue weighted by Gasteiger charge is -2.09. The van der Waals surface area contributed by atoms with Gasteiger partial charge in [0.25, 0.3) is 0 Å². The Bertz CT molecular complexity index is 641. The molecule has 0 atom stereocenters. The van der Waals surface area contributed by atoms with Crippen molar-refractivity contribution in [3.63, 3.8) is 0 Å². The van der Waals surface area contributed by atoms with Gasteiger partial charge in [-0.2, -0.15) is 0 Å². The molecule has 2 aromatic carbocycles. The molecule has 0 radical (unpaired) electrons. The van der Waals surface area contributed by atoms with Gasteiger partial charge in [0, 0.05) is 11.0 Å². The van der Waals surface area contributed by atoms with Gasteiger partial charge in [-0.15, -0.1) is 0 Å². The highest BCUT2D eigenvalue weighted by molar-refractivity contribution is 5.88. The minimum atomic E-state index is -0.890. The highest BCUT2D eigenvalue weighted by Crippen LogP contribution is 2.25. The van der Waals surface area contributed by atoms with Crippen LogP contribution in [0.15, 0.2) is 54.6 Å². The summed E-state index contributed by atoms with van der Waals surface area (Å²) < 4.78 is 5.87. The first-order valence-corrected chi connectivity index (χ1v) is 7.70. The number of fused-ring (bicyclic) bond motifs is 1. The topological polar surface area (TPSA) is 46.5 Å². The van der Waals surface area contributed by atoms with E-state index in [0.29, 0.717) is 18.6 Å². The second-order valence-corrected chi connectivity index (χ2v) is 5.40. The first-order chi connectivity index (χ1) is 10.7. The lowest BCUT2D eigenvalue weighted by molar-refractivity contribution is -0.132. The first-order valence-electron chi connectivity index (χ1n) is 7.70. The van der Waals surface area contributed by atoms with Gasteiger partial charge in [-0.3, -0.25) is 0 Å². The monoisotopic (exact) mass is 298 g/mol. The Morgan fingerprint density at radius 1 is 1.00 bits per heavy atom. The summed E-state index contributed by atoms with van der Waals surface area (Å²) in [6, 6.07) is 14.3. The van der Waals surface area contributed by atoms with Crippen molar-refractivity contribution in [2.45, 2.75) is 32.1 Å². The van der Waals surface area contributed by atoms with E-state index in [1.165, 1.54) is 5.39 Å². The Morgan fingerprint density at radius 3 is 2.55 bits per heavy atom. The second-order valence-electron chi connectivity index (χ2n) is 5.40. The van der Waals surface area contributed by atoms with Gasteiger partial charge in [-0.1, -0.05) is 55.8 Å². The standard InChI is InChI=1S/C19H22O3/c1-15(19(20)21)9-4-2-3-7-14-22-18-13-8-11-16-10-5-6-12-17(16)18/h5-6,8,10-13H,1-4,7,9,14H2,(H,20,21). The SMILES string of the molecule is C=C(CCCCCCOc1cccc2ccccc12)C(=O)O. The largest absolute Gasteiger partial charge is 0.493 e. The fourth-order valence-corrected chi connectivity index (χ4v) is 2.40. The average molecular weight is 298 g/mol. The van der Waals surface area contributed by atoms with Gasteiger partial charge in [0.15, 0.2) is 0 Å². The maximum atomic E-state index is 10.6. The minimum Gasteiger partial charge on any atom is -0.493 e. The molecule has 0 fully saturated rings. The summed E-state index contributed by atoms with van der Waals surface area (Å²) in [7, 11) is 0. The Hall–Kier alpha value is -2.29. The van der Waals surface area contributed by atoms with Crippen LogP contribution in [0.4, 0.5) is 0 Å². The number of carboxylic acid groups (broad SMARTS) is 1. The van der Waals surface area contributed by atoms with Gasteiger partial charge in [-0.25, -0.2) is 4.79 Å². The van der Waals surface area contributed by atoms with E-state index in [1.807, 2.05) is 24.3 Å². The third kappa shape index (κ3) is 4.62. The number of unbranched alkanes of at least 4 members (excludes halogenated alkanes) is 3. The molecular formula is C19H22O3. The molecule has 0 aliphatic heterocycles. The molecule has 3 heteroatoms. The fraction of sp³-hybridized carbons (Fsp3) is 0.316. The van der Waals surface area contributed by atoms with Crippen LogP contribution in [-0.4, -0.2) is 17.7 Å². The summed E-state index contributed by atoms with van der Waals surface area (Å²) in [6.45, 7) is 4.22. The van der Waals surface area contributed by atoms with Crippen molar-refractivity contribution in [3.05, 3.63) is 54.6 Å². The summed E-state index contributed by atoms with van der Waals surface area (Å²) >= 11 is 0. The molecule has 0 aliphatic rings. The van der Waals surface area contributed by atoms with Crippen LogP contribution >= 0.6 is 0 Å². The highest BCUT2D eigenvalue weighted by Gasteiger charge is 2.03. The van der Waals surface area contributed by atoms with Crippen LogP contribution in [0.2, 0.25) is 0 Å². The summed E-state index contributed by atoms with van der Waals surface area (Å²) in [6.07, 6.45) is 4.46. The van der Waals surface area contributed by atoms with Gasteiger partial charge in [0.2, 0.25) is 0 Å². The lowest BCUT2D eigenvalue weighted by Crippen LogP contribution is -2.00. The van der Waals surface area contributed by atoms with E-state index in [9.17, 15) is 4.79 Å². The van der Waals surface area contributed by atoms with Crippen molar-refractivity contribution in [2.24, 2.45) is 0 Å². The number of hydrogen-bond donors (Lipinski definition) is 1. The molecule has 2 aromatic rings. The van der Waals surface area contributed by atoms with Gasteiger partial charge in [-0.05, 0) is 30.7 Å². The molecule has 22 heavy (non-hydrogen) atoms. The number of hydrogen-bond acceptors (Lipinski definition) is 2. The average Bonchev–Trinajstić information content (AvgIpc) is 2.53. The lowest BCUT2D eigenvalue weighted by atomic mass is 10.1. The van der Waals surface area contributed by atoms with Gasteiger partial charge in [0.05, 0.1) is 6.61 Å². The van der Waals surface area contributed by atoms with Crippen molar-refractivity contribution in [1.82, 2.24) is 0 Å². The molecule has 1 N–H and O–H groups in total. The Balaban J connectivity index is 1.68. The number of aliphatic carboxylic acids is 1. The number of carboxylic acids is 1. The van der Waals surface area contributed by atoms with Crippen LogP contribution in [-0.2, 0) is 4.79 Å². The van der Waals surface area contributed by atoms with Gasteiger partial charge < -0.3 is 9.84 Å². The predicted molar refractivity (Wildman–Crippen MR) is 89.3 cm³/mol. The second kappa shape index (κ2) is 8.23. The van der Waals surface area contributed by atoms with Crippen molar-refractivity contribution >= 4 is 16.7 Å². The molecule has 0 heterocycles. The van der Waals surface area contributed by atoms with Crippen molar-refractivity contribution in [2.75, 3.05) is 6.61 Å². The third-order valence-corrected chi connectivity index (χ3v) is 3.68. The Kier molecular flexibility index (Phi) is 6.01. The van der Waals surface area contributed by atoms with Gasteiger partial charge in [0.1, 0.15) is 5.75 Å². The highest BCUT2D eigenvalue weighted by atomic mass is 16.5. The van der Waals surface area contributed by atoms with E-state index in [0.717, 1.165) is 36.8 Å². The zero-order valence-corrected chi connectivity index (χ0v) is 12.8. The number of ether oxygens (including phenoxy) is 1.